The molecule has 1 saturated heterocycles. The molecule has 1 N–H and O–H groups in total. The summed E-state index contributed by atoms with van der Waals surface area (Å²) in [7, 11) is -3.98. The monoisotopic (exact) mass is 485 g/mol. The van der Waals surface area contributed by atoms with Crippen LogP contribution >= 0.6 is 11.6 Å². The van der Waals surface area contributed by atoms with Crippen LogP contribution in [0.3, 0.4) is 0 Å². The lowest BCUT2D eigenvalue weighted by Crippen LogP contribution is -2.31. The van der Waals surface area contributed by atoms with Gasteiger partial charge in [0.1, 0.15) is 0 Å². The summed E-state index contributed by atoms with van der Waals surface area (Å²) in [5, 5.41) is 0.603. The topological polar surface area (TPSA) is 71.4 Å². The number of sulfonamides is 1. The smallest absolute Gasteiger partial charge is 0.266 e. The molecule has 4 rings (SSSR count). The summed E-state index contributed by atoms with van der Waals surface area (Å²) in [6, 6.07) is 13.9. The van der Waals surface area contributed by atoms with Gasteiger partial charge in [-0.25, -0.2) is 13.1 Å². The number of halogens is 1. The van der Waals surface area contributed by atoms with E-state index in [2.05, 4.69) is 9.62 Å². The normalized spacial score (nSPS) is 14.4. The summed E-state index contributed by atoms with van der Waals surface area (Å²) < 4.78 is 29.7. The molecule has 174 valence electrons. The number of carbonyl (C=O) groups is 1. The molecule has 33 heavy (non-hydrogen) atoms. The first kappa shape index (κ1) is 23.4. The lowest BCUT2D eigenvalue weighted by molar-refractivity contribution is 0.0981. The van der Waals surface area contributed by atoms with Crippen LogP contribution in [0.5, 0.6) is 0 Å². The van der Waals surface area contributed by atoms with Gasteiger partial charge in [-0.15, -0.1) is 0 Å². The van der Waals surface area contributed by atoms with Crippen molar-refractivity contribution >= 4 is 33.2 Å². The van der Waals surface area contributed by atoms with Crippen molar-refractivity contribution in [1.82, 2.24) is 9.29 Å². The van der Waals surface area contributed by atoms with Crippen molar-refractivity contribution in [1.29, 1.82) is 0 Å². The second-order valence-corrected chi connectivity index (χ2v) is 10.7. The van der Waals surface area contributed by atoms with Crippen LogP contribution in [0.1, 0.15) is 46.6 Å². The Hall–Kier alpha value is -2.77. The van der Waals surface area contributed by atoms with Crippen molar-refractivity contribution in [2.75, 3.05) is 18.0 Å². The molecule has 0 atom stereocenters. The van der Waals surface area contributed by atoms with Crippen LogP contribution in [0.4, 0.5) is 5.69 Å². The van der Waals surface area contributed by atoms with Gasteiger partial charge >= 0.3 is 0 Å². The number of rotatable bonds is 5. The first-order chi connectivity index (χ1) is 15.7. The first-order valence-corrected chi connectivity index (χ1v) is 12.9. The van der Waals surface area contributed by atoms with E-state index in [4.69, 9.17) is 11.6 Å². The summed E-state index contributed by atoms with van der Waals surface area (Å²) in [4.78, 5) is 15.4. The van der Waals surface area contributed by atoms with Crippen LogP contribution < -0.4 is 9.62 Å². The number of benzene rings is 2. The molecule has 0 radical (unpaired) electrons. The Morgan fingerprint density at radius 3 is 2.24 bits per heavy atom. The SMILES string of the molecule is Cc1ccc(S(=O)(=O)NC(=O)c2cc(C)n(-c3cc(Cl)ccc3N3CCCCC3)c2C)cc1. The van der Waals surface area contributed by atoms with E-state index < -0.39 is 15.9 Å². The van der Waals surface area contributed by atoms with Gasteiger partial charge in [0.2, 0.25) is 0 Å². The van der Waals surface area contributed by atoms with Crippen molar-refractivity contribution in [3.8, 4) is 5.69 Å². The maximum absolute atomic E-state index is 13.0. The number of carbonyl (C=O) groups excluding carboxylic acids is 1. The highest BCUT2D eigenvalue weighted by atomic mass is 35.5. The molecule has 1 fully saturated rings. The van der Waals surface area contributed by atoms with Crippen LogP contribution in [0.2, 0.25) is 5.02 Å². The van der Waals surface area contributed by atoms with E-state index in [1.165, 1.54) is 18.6 Å². The van der Waals surface area contributed by atoms with Crippen molar-refractivity contribution in [3.05, 3.63) is 76.1 Å². The predicted molar refractivity (Wildman–Crippen MR) is 132 cm³/mol. The van der Waals surface area contributed by atoms with Gasteiger partial charge in [-0.3, -0.25) is 4.79 Å². The minimum absolute atomic E-state index is 0.0532. The van der Waals surface area contributed by atoms with E-state index >= 15 is 0 Å². The van der Waals surface area contributed by atoms with Gasteiger partial charge in [0, 0.05) is 29.5 Å². The maximum atomic E-state index is 13.0. The van der Waals surface area contributed by atoms with E-state index in [-0.39, 0.29) is 4.90 Å². The summed E-state index contributed by atoms with van der Waals surface area (Å²) in [5.41, 5.74) is 4.68. The predicted octanol–water partition coefficient (Wildman–Crippen LogP) is 5.16. The molecule has 0 saturated carbocycles. The number of piperidine rings is 1. The molecule has 0 bridgehead atoms. The van der Waals surface area contributed by atoms with Gasteiger partial charge in [-0.1, -0.05) is 29.3 Å². The molecule has 1 aliphatic heterocycles. The van der Waals surface area contributed by atoms with Crippen LogP contribution in [-0.4, -0.2) is 32.0 Å². The summed E-state index contributed by atoms with van der Waals surface area (Å²) >= 11 is 6.36. The number of anilines is 1. The first-order valence-electron chi connectivity index (χ1n) is 11.0. The van der Waals surface area contributed by atoms with E-state index in [9.17, 15) is 13.2 Å². The van der Waals surface area contributed by atoms with Crippen LogP contribution in [0.25, 0.3) is 5.69 Å². The van der Waals surface area contributed by atoms with Crippen LogP contribution in [0, 0.1) is 20.8 Å². The molecule has 1 aliphatic rings. The molecule has 6 nitrogen and oxygen atoms in total. The third-order valence-electron chi connectivity index (χ3n) is 6.11. The third kappa shape index (κ3) is 4.80. The number of nitrogens with zero attached hydrogens (tertiary/aromatic N) is 2. The van der Waals surface area contributed by atoms with Crippen LogP contribution in [-0.2, 0) is 10.0 Å². The van der Waals surface area contributed by atoms with Crippen molar-refractivity contribution in [3.63, 3.8) is 0 Å². The zero-order valence-corrected chi connectivity index (χ0v) is 20.6. The van der Waals surface area contributed by atoms with Crippen molar-refractivity contribution in [2.24, 2.45) is 0 Å². The van der Waals surface area contributed by atoms with Gasteiger partial charge in [0.15, 0.2) is 0 Å². The Morgan fingerprint density at radius 1 is 0.909 bits per heavy atom. The average Bonchev–Trinajstić information content (AvgIpc) is 3.08. The van der Waals surface area contributed by atoms with E-state index in [0.717, 1.165) is 48.6 Å². The van der Waals surface area contributed by atoms with E-state index in [0.29, 0.717) is 16.3 Å². The van der Waals surface area contributed by atoms with Gasteiger partial charge < -0.3 is 9.47 Å². The van der Waals surface area contributed by atoms with Gasteiger partial charge in [-0.2, -0.15) is 0 Å². The lowest BCUT2D eigenvalue weighted by Gasteiger charge is -2.31. The third-order valence-corrected chi connectivity index (χ3v) is 7.69. The fourth-order valence-electron chi connectivity index (χ4n) is 4.39. The van der Waals surface area contributed by atoms with Gasteiger partial charge in [0.05, 0.1) is 21.8 Å². The Morgan fingerprint density at radius 2 is 1.58 bits per heavy atom. The molecule has 8 heteroatoms. The minimum Gasteiger partial charge on any atom is -0.370 e. The number of aryl methyl sites for hydroxylation is 2. The Balaban J connectivity index is 1.70. The quantitative estimate of drug-likeness (QED) is 0.541. The van der Waals surface area contributed by atoms with Crippen molar-refractivity contribution < 1.29 is 13.2 Å². The second-order valence-electron chi connectivity index (χ2n) is 8.55. The zero-order chi connectivity index (χ0) is 23.8. The van der Waals surface area contributed by atoms with Gasteiger partial charge in [-0.05, 0) is 76.4 Å². The molecule has 1 amide bonds. The highest BCUT2D eigenvalue weighted by Crippen LogP contribution is 2.33. The lowest BCUT2D eigenvalue weighted by atomic mass is 10.1. The molecule has 0 unspecified atom stereocenters. The minimum atomic E-state index is -3.98. The summed E-state index contributed by atoms with van der Waals surface area (Å²) in [6.07, 6.45) is 3.49. The molecule has 2 aromatic carbocycles. The van der Waals surface area contributed by atoms with E-state index in [1.807, 2.05) is 43.5 Å². The summed E-state index contributed by atoms with van der Waals surface area (Å²) in [6.45, 7) is 7.53. The number of hydrogen-bond donors (Lipinski definition) is 1. The Kier molecular flexibility index (Phi) is 6.54. The number of aromatic nitrogens is 1. The maximum Gasteiger partial charge on any atom is 0.266 e. The second kappa shape index (κ2) is 9.23. The van der Waals surface area contributed by atoms with Gasteiger partial charge in [0.25, 0.3) is 15.9 Å². The molecular formula is C25H28ClN3O3S. The molecular weight excluding hydrogens is 458 g/mol. The average molecular weight is 486 g/mol. The fourth-order valence-corrected chi connectivity index (χ4v) is 5.53. The number of amides is 1. The van der Waals surface area contributed by atoms with Crippen LogP contribution in [0.15, 0.2) is 53.4 Å². The molecule has 2 heterocycles. The molecule has 0 aliphatic carbocycles. The molecule has 3 aromatic rings. The largest absolute Gasteiger partial charge is 0.370 e. The highest BCUT2D eigenvalue weighted by molar-refractivity contribution is 7.90. The number of nitrogens with one attached hydrogen (secondary N) is 1. The van der Waals surface area contributed by atoms with Crippen molar-refractivity contribution in [2.45, 2.75) is 44.9 Å². The molecule has 0 spiro atoms. The molecule has 1 aromatic heterocycles. The number of hydrogen-bond acceptors (Lipinski definition) is 4. The zero-order valence-electron chi connectivity index (χ0n) is 19.1. The Labute approximate surface area is 200 Å². The highest BCUT2D eigenvalue weighted by Gasteiger charge is 2.24. The summed E-state index contributed by atoms with van der Waals surface area (Å²) in [5.74, 6) is -0.656. The fraction of sp³-hybridized carbons (Fsp3) is 0.320. The standard InChI is InChI=1S/C25H28ClN3O3S/c1-17-7-10-21(11-8-17)33(31,32)27-25(30)22-15-18(2)29(19(22)3)24-16-20(26)9-12-23(24)28-13-5-4-6-14-28/h7-12,15-16H,4-6,13-14H2,1-3H3,(H,27,30). The van der Waals surface area contributed by atoms with E-state index in [1.54, 1.807) is 18.2 Å². The Bertz CT molecular complexity index is 1290.